The fourth-order valence-electron chi connectivity index (χ4n) is 3.08. The third kappa shape index (κ3) is 3.64. The Balaban J connectivity index is 1.25. The first-order valence-corrected chi connectivity index (χ1v) is 8.56. The lowest BCUT2D eigenvalue weighted by atomic mass is 10.1. The van der Waals surface area contributed by atoms with Crippen molar-refractivity contribution in [1.82, 2.24) is 19.9 Å². The van der Waals surface area contributed by atoms with E-state index in [1.165, 1.54) is 18.4 Å². The molecule has 1 aliphatic carbocycles. The van der Waals surface area contributed by atoms with Gasteiger partial charge in [-0.05, 0) is 30.5 Å². The summed E-state index contributed by atoms with van der Waals surface area (Å²) >= 11 is 0. The Hall–Kier alpha value is -2.23. The molecule has 124 valence electrons. The number of piperazine rings is 1. The van der Waals surface area contributed by atoms with Crippen molar-refractivity contribution < 1.29 is 4.52 Å². The minimum Gasteiger partial charge on any atom is -0.338 e. The smallest absolute Gasteiger partial charge is 0.240 e. The lowest BCUT2D eigenvalue weighted by molar-refractivity contribution is 0.112. The van der Waals surface area contributed by atoms with Gasteiger partial charge >= 0.3 is 0 Å². The second kappa shape index (κ2) is 6.71. The first-order chi connectivity index (χ1) is 11.8. The Morgan fingerprint density at radius 2 is 1.71 bits per heavy atom. The van der Waals surface area contributed by atoms with Crippen LogP contribution in [0.5, 0.6) is 0 Å². The van der Waals surface area contributed by atoms with Crippen LogP contribution in [0.2, 0.25) is 0 Å². The largest absolute Gasteiger partial charge is 0.338 e. The van der Waals surface area contributed by atoms with Crippen LogP contribution in [0.15, 0.2) is 28.8 Å². The first-order valence-electron chi connectivity index (χ1n) is 8.56. The van der Waals surface area contributed by atoms with Gasteiger partial charge in [0.25, 0.3) is 0 Å². The van der Waals surface area contributed by atoms with Crippen molar-refractivity contribution in [2.24, 2.45) is 0 Å². The molecule has 24 heavy (non-hydrogen) atoms. The number of hydrogen-bond acceptors (Lipinski definition) is 6. The number of nitrogens with zero attached hydrogens (tertiary/aromatic N) is 5. The highest BCUT2D eigenvalue weighted by Crippen LogP contribution is 2.38. The lowest BCUT2D eigenvalue weighted by Crippen LogP contribution is -2.45. The van der Waals surface area contributed by atoms with Crippen LogP contribution in [0.4, 0.5) is 0 Å². The van der Waals surface area contributed by atoms with E-state index >= 15 is 0 Å². The van der Waals surface area contributed by atoms with E-state index in [4.69, 9.17) is 9.78 Å². The molecule has 1 aliphatic heterocycles. The molecule has 0 amide bonds. The van der Waals surface area contributed by atoms with Crippen molar-refractivity contribution in [3.05, 3.63) is 47.1 Å². The van der Waals surface area contributed by atoms with E-state index in [0.29, 0.717) is 11.5 Å². The molecule has 2 aliphatic rings. The van der Waals surface area contributed by atoms with Crippen molar-refractivity contribution in [2.45, 2.75) is 31.8 Å². The summed E-state index contributed by atoms with van der Waals surface area (Å²) < 4.78 is 5.37. The summed E-state index contributed by atoms with van der Waals surface area (Å²) in [5.74, 6) is 2.19. The topological polar surface area (TPSA) is 69.2 Å². The molecule has 0 unspecified atom stereocenters. The van der Waals surface area contributed by atoms with Crippen molar-refractivity contribution in [3.63, 3.8) is 0 Å². The Kier molecular flexibility index (Phi) is 4.28. The summed E-state index contributed by atoms with van der Waals surface area (Å²) in [4.78, 5) is 9.33. The molecular formula is C18H21N5O. The van der Waals surface area contributed by atoms with Crippen LogP contribution in [-0.2, 0) is 13.1 Å². The Bertz CT molecular complexity index is 721. The highest BCUT2D eigenvalue weighted by atomic mass is 16.5. The average molecular weight is 323 g/mol. The van der Waals surface area contributed by atoms with Gasteiger partial charge in [0.2, 0.25) is 5.89 Å². The summed E-state index contributed by atoms with van der Waals surface area (Å²) in [5, 5.41) is 12.9. The molecule has 6 heteroatoms. The predicted octanol–water partition coefficient (Wildman–Crippen LogP) is 2.14. The van der Waals surface area contributed by atoms with E-state index in [2.05, 4.69) is 26.0 Å². The molecule has 6 nitrogen and oxygen atoms in total. The lowest BCUT2D eigenvalue weighted by Gasteiger charge is -2.33. The van der Waals surface area contributed by atoms with E-state index in [1.807, 2.05) is 24.3 Å². The van der Waals surface area contributed by atoms with Gasteiger partial charge in [0.05, 0.1) is 18.2 Å². The maximum Gasteiger partial charge on any atom is 0.240 e. The van der Waals surface area contributed by atoms with E-state index in [-0.39, 0.29) is 0 Å². The van der Waals surface area contributed by atoms with E-state index in [1.54, 1.807) is 0 Å². The SMILES string of the molecule is N#Cc1ccc(CN2CCN(Cc3nc(C4CC4)no3)CC2)cc1. The molecule has 1 aromatic carbocycles. The van der Waals surface area contributed by atoms with Gasteiger partial charge in [0.15, 0.2) is 5.82 Å². The van der Waals surface area contributed by atoms with Crippen LogP contribution < -0.4 is 0 Å². The van der Waals surface area contributed by atoms with Crippen LogP contribution in [0.1, 0.15) is 41.6 Å². The van der Waals surface area contributed by atoms with Gasteiger partial charge in [-0.2, -0.15) is 10.2 Å². The second-order valence-corrected chi connectivity index (χ2v) is 6.68. The van der Waals surface area contributed by atoms with Gasteiger partial charge < -0.3 is 4.52 Å². The van der Waals surface area contributed by atoms with Crippen LogP contribution in [0.25, 0.3) is 0 Å². The molecule has 2 fully saturated rings. The number of hydrogen-bond donors (Lipinski definition) is 0. The maximum absolute atomic E-state index is 8.85. The van der Waals surface area contributed by atoms with E-state index < -0.39 is 0 Å². The first kappa shape index (κ1) is 15.3. The zero-order valence-electron chi connectivity index (χ0n) is 13.7. The molecule has 2 heterocycles. The van der Waals surface area contributed by atoms with E-state index in [9.17, 15) is 0 Å². The summed E-state index contributed by atoms with van der Waals surface area (Å²) in [6.07, 6.45) is 2.40. The predicted molar refractivity (Wildman–Crippen MR) is 88.0 cm³/mol. The summed E-state index contributed by atoms with van der Waals surface area (Å²) in [6, 6.07) is 10.0. The normalized spacial score (nSPS) is 19.3. The van der Waals surface area contributed by atoms with Crippen molar-refractivity contribution in [2.75, 3.05) is 26.2 Å². The molecule has 1 aromatic heterocycles. The summed E-state index contributed by atoms with van der Waals surface area (Å²) in [7, 11) is 0. The molecule has 0 bridgehead atoms. The Morgan fingerprint density at radius 1 is 1.04 bits per heavy atom. The van der Waals surface area contributed by atoms with Crippen molar-refractivity contribution in [1.29, 1.82) is 5.26 Å². The van der Waals surface area contributed by atoms with Gasteiger partial charge in [0, 0.05) is 38.6 Å². The molecule has 0 spiro atoms. The fourth-order valence-corrected chi connectivity index (χ4v) is 3.08. The monoisotopic (exact) mass is 323 g/mol. The molecule has 1 saturated carbocycles. The number of aromatic nitrogens is 2. The van der Waals surface area contributed by atoms with Crippen LogP contribution >= 0.6 is 0 Å². The summed E-state index contributed by atoms with van der Waals surface area (Å²) in [5.41, 5.74) is 1.97. The van der Waals surface area contributed by atoms with Crippen LogP contribution in [-0.4, -0.2) is 46.1 Å². The van der Waals surface area contributed by atoms with Gasteiger partial charge in [-0.3, -0.25) is 9.80 Å². The van der Waals surface area contributed by atoms with Gasteiger partial charge in [-0.25, -0.2) is 0 Å². The van der Waals surface area contributed by atoms with Crippen molar-refractivity contribution in [3.8, 4) is 6.07 Å². The minimum atomic E-state index is 0.548. The van der Waals surface area contributed by atoms with Gasteiger partial charge in [-0.1, -0.05) is 17.3 Å². The Morgan fingerprint density at radius 3 is 2.33 bits per heavy atom. The molecule has 0 atom stereocenters. The minimum absolute atomic E-state index is 0.548. The number of rotatable bonds is 5. The summed E-state index contributed by atoms with van der Waals surface area (Å²) in [6.45, 7) is 5.78. The molecule has 0 radical (unpaired) electrons. The molecule has 1 saturated heterocycles. The second-order valence-electron chi connectivity index (χ2n) is 6.68. The Labute approximate surface area is 141 Å². The molecular weight excluding hydrogens is 302 g/mol. The number of benzene rings is 1. The molecule has 0 N–H and O–H groups in total. The van der Waals surface area contributed by atoms with Gasteiger partial charge in [0.1, 0.15) is 0 Å². The third-order valence-electron chi connectivity index (χ3n) is 4.74. The number of nitriles is 1. The van der Waals surface area contributed by atoms with Crippen LogP contribution in [0.3, 0.4) is 0 Å². The van der Waals surface area contributed by atoms with Crippen LogP contribution in [0, 0.1) is 11.3 Å². The zero-order valence-corrected chi connectivity index (χ0v) is 13.7. The molecule has 2 aromatic rings. The quantitative estimate of drug-likeness (QED) is 0.839. The standard InChI is InChI=1S/C18H21N5O/c19-11-14-1-3-15(4-2-14)12-22-7-9-23(10-8-22)13-17-20-18(21-24-17)16-5-6-16/h1-4,16H,5-10,12-13H2. The average Bonchev–Trinajstić information content (AvgIpc) is 3.37. The van der Waals surface area contributed by atoms with E-state index in [0.717, 1.165) is 51.0 Å². The fraction of sp³-hybridized carbons (Fsp3) is 0.500. The highest BCUT2D eigenvalue weighted by molar-refractivity contribution is 5.31. The maximum atomic E-state index is 8.85. The van der Waals surface area contributed by atoms with Crippen molar-refractivity contribution >= 4 is 0 Å². The molecule has 4 rings (SSSR count). The highest BCUT2D eigenvalue weighted by Gasteiger charge is 2.29. The zero-order chi connectivity index (χ0) is 16.4. The van der Waals surface area contributed by atoms with Gasteiger partial charge in [-0.15, -0.1) is 0 Å². The third-order valence-corrected chi connectivity index (χ3v) is 4.74.